The molecule has 1 fully saturated rings. The molecule has 0 bridgehead atoms. The quantitative estimate of drug-likeness (QED) is 0.513. The smallest absolute Gasteiger partial charge is 0.351 e. The molecule has 3 heterocycles. The van der Waals surface area contributed by atoms with E-state index in [1.807, 2.05) is 0 Å². The first-order valence-electron chi connectivity index (χ1n) is 7.45. The van der Waals surface area contributed by atoms with Crippen LogP contribution in [0.1, 0.15) is 17.7 Å². The zero-order valence-corrected chi connectivity index (χ0v) is 13.0. The summed E-state index contributed by atoms with van der Waals surface area (Å²) in [5.41, 5.74) is 5.50. The van der Waals surface area contributed by atoms with Gasteiger partial charge in [-0.15, -0.1) is 0 Å². The molecule has 2 aromatic rings. The molecule has 0 saturated carbocycles. The molecule has 130 valence electrons. The number of hydrogen-bond acceptors (Lipinski definition) is 9. The lowest BCUT2D eigenvalue weighted by atomic mass is 10.1. The van der Waals surface area contributed by atoms with Crippen molar-refractivity contribution in [3.05, 3.63) is 40.3 Å². The van der Waals surface area contributed by atoms with Crippen LogP contribution in [0.15, 0.2) is 27.6 Å². The first kappa shape index (κ1) is 16.6. The summed E-state index contributed by atoms with van der Waals surface area (Å²) < 4.78 is 11.7. The lowest BCUT2D eigenvalue weighted by Crippen LogP contribution is -2.38. The van der Waals surface area contributed by atoms with Gasteiger partial charge in [-0.2, -0.15) is 4.98 Å². The van der Waals surface area contributed by atoms with Crippen LogP contribution in [0.5, 0.6) is 0 Å². The number of rotatable bonds is 5. The molecule has 1 aliphatic heterocycles. The largest absolute Gasteiger partial charge is 0.387 e. The second-order valence-corrected chi connectivity index (χ2v) is 5.65. The van der Waals surface area contributed by atoms with Crippen molar-refractivity contribution < 1.29 is 19.5 Å². The number of aliphatic hydroxyl groups is 2. The van der Waals surface area contributed by atoms with E-state index in [0.29, 0.717) is 12.3 Å². The summed E-state index contributed by atoms with van der Waals surface area (Å²) in [6.45, 7) is 2.48. The van der Waals surface area contributed by atoms with Crippen molar-refractivity contribution in [1.29, 1.82) is 0 Å². The molecule has 0 radical (unpaired) electrons. The third-order valence-corrected chi connectivity index (χ3v) is 3.79. The van der Waals surface area contributed by atoms with Crippen molar-refractivity contribution in [3.63, 3.8) is 0 Å². The van der Waals surface area contributed by atoms with Crippen LogP contribution in [-0.2, 0) is 11.3 Å². The van der Waals surface area contributed by atoms with Gasteiger partial charge in [-0.05, 0) is 13.0 Å². The number of hydrogen-bond donors (Lipinski definition) is 4. The molecule has 1 aliphatic rings. The van der Waals surface area contributed by atoms with Gasteiger partial charge in [0.25, 0.3) is 0 Å². The topological polar surface area (TPSA) is 149 Å². The molecule has 0 unspecified atom stereocenters. The second-order valence-electron chi connectivity index (χ2n) is 5.65. The first-order valence-corrected chi connectivity index (χ1v) is 7.45. The predicted octanol–water partition coefficient (Wildman–Crippen LogP) is -1.47. The number of nitrogen functional groups attached to an aromatic ring is 1. The van der Waals surface area contributed by atoms with Gasteiger partial charge < -0.3 is 30.5 Å². The van der Waals surface area contributed by atoms with Crippen LogP contribution in [0.4, 0.5) is 5.82 Å². The predicted molar refractivity (Wildman–Crippen MR) is 81.8 cm³/mol. The van der Waals surface area contributed by atoms with Gasteiger partial charge in [0.2, 0.25) is 0 Å². The van der Waals surface area contributed by atoms with E-state index in [1.54, 1.807) is 13.0 Å². The van der Waals surface area contributed by atoms with Gasteiger partial charge in [-0.25, -0.2) is 4.79 Å². The Hall–Kier alpha value is -2.27. The Morgan fingerprint density at radius 3 is 2.88 bits per heavy atom. The number of aromatic nitrogens is 3. The van der Waals surface area contributed by atoms with E-state index in [9.17, 15) is 15.0 Å². The number of aryl methyl sites for hydroxylation is 1. The third-order valence-electron chi connectivity index (χ3n) is 3.79. The molecule has 5 N–H and O–H groups in total. The van der Waals surface area contributed by atoms with Crippen molar-refractivity contribution in [2.75, 3.05) is 12.3 Å². The van der Waals surface area contributed by atoms with Gasteiger partial charge in [-0.3, -0.25) is 4.57 Å². The van der Waals surface area contributed by atoms with Crippen LogP contribution < -0.4 is 16.7 Å². The summed E-state index contributed by atoms with van der Waals surface area (Å²) >= 11 is 0. The van der Waals surface area contributed by atoms with E-state index < -0.39 is 30.2 Å². The lowest BCUT2D eigenvalue weighted by molar-refractivity contribution is -0.0391. The van der Waals surface area contributed by atoms with Crippen LogP contribution in [-0.4, -0.2) is 49.8 Å². The number of nitrogens with one attached hydrogen (secondary N) is 1. The number of ether oxygens (including phenoxy) is 1. The Labute approximate surface area is 136 Å². The molecular weight excluding hydrogens is 318 g/mol. The van der Waals surface area contributed by atoms with Gasteiger partial charge in [0.05, 0.1) is 5.69 Å². The zero-order valence-electron chi connectivity index (χ0n) is 13.0. The molecule has 2 aromatic heterocycles. The molecule has 0 amide bonds. The second kappa shape index (κ2) is 6.69. The zero-order chi connectivity index (χ0) is 17.3. The number of anilines is 1. The Morgan fingerprint density at radius 1 is 1.42 bits per heavy atom. The maximum absolute atomic E-state index is 11.9. The number of nitrogens with two attached hydrogens (primary N) is 1. The molecule has 1 saturated heterocycles. The minimum absolute atomic E-state index is 0.0745. The fraction of sp³-hybridized carbons (Fsp3) is 0.500. The molecule has 3 rings (SSSR count). The Kier molecular flexibility index (Phi) is 4.62. The molecule has 0 aliphatic carbocycles. The summed E-state index contributed by atoms with van der Waals surface area (Å²) in [7, 11) is 0. The van der Waals surface area contributed by atoms with Crippen molar-refractivity contribution in [3.8, 4) is 0 Å². The first-order chi connectivity index (χ1) is 11.5. The molecule has 24 heavy (non-hydrogen) atoms. The minimum atomic E-state index is -1.26. The van der Waals surface area contributed by atoms with Gasteiger partial charge in [0.15, 0.2) is 6.23 Å². The van der Waals surface area contributed by atoms with Crippen molar-refractivity contribution in [1.82, 2.24) is 20.0 Å². The van der Waals surface area contributed by atoms with Crippen molar-refractivity contribution >= 4 is 5.82 Å². The monoisotopic (exact) mass is 337 g/mol. The van der Waals surface area contributed by atoms with Crippen molar-refractivity contribution in [2.45, 2.75) is 38.0 Å². The van der Waals surface area contributed by atoms with Crippen LogP contribution in [0.25, 0.3) is 0 Å². The lowest BCUT2D eigenvalue weighted by Gasteiger charge is -2.16. The summed E-state index contributed by atoms with van der Waals surface area (Å²) in [4.78, 5) is 15.4. The van der Waals surface area contributed by atoms with Crippen LogP contribution in [0, 0.1) is 6.92 Å². The van der Waals surface area contributed by atoms with E-state index in [2.05, 4.69) is 15.5 Å². The SMILES string of the molecule is Cc1cc(CNC[C@H]2O[C@@H](n3ccc(N)nc3=O)[C@H](O)[C@@H]2O)no1. The van der Waals surface area contributed by atoms with E-state index in [0.717, 1.165) is 10.3 Å². The van der Waals surface area contributed by atoms with Gasteiger partial charge >= 0.3 is 5.69 Å². The fourth-order valence-corrected chi connectivity index (χ4v) is 2.59. The summed E-state index contributed by atoms with van der Waals surface area (Å²) in [5.74, 6) is 0.778. The van der Waals surface area contributed by atoms with Crippen molar-refractivity contribution in [2.24, 2.45) is 0 Å². The number of aliphatic hydroxyl groups excluding tert-OH is 2. The number of nitrogens with zero attached hydrogens (tertiary/aromatic N) is 3. The van der Waals surface area contributed by atoms with E-state index in [1.165, 1.54) is 12.3 Å². The van der Waals surface area contributed by atoms with E-state index in [-0.39, 0.29) is 12.4 Å². The highest BCUT2D eigenvalue weighted by molar-refractivity contribution is 5.23. The normalized spacial score (nSPS) is 26.8. The molecule has 4 atom stereocenters. The molecule has 0 aromatic carbocycles. The van der Waals surface area contributed by atoms with Gasteiger partial charge in [0.1, 0.15) is 29.9 Å². The van der Waals surface area contributed by atoms with Crippen LogP contribution >= 0.6 is 0 Å². The summed E-state index contributed by atoms with van der Waals surface area (Å²) in [6.07, 6.45) is -2.75. The maximum Gasteiger partial charge on any atom is 0.351 e. The summed E-state index contributed by atoms with van der Waals surface area (Å²) in [6, 6.07) is 3.21. The maximum atomic E-state index is 11.9. The van der Waals surface area contributed by atoms with Gasteiger partial charge in [0, 0.05) is 25.4 Å². The highest BCUT2D eigenvalue weighted by Gasteiger charge is 2.43. The minimum Gasteiger partial charge on any atom is -0.387 e. The van der Waals surface area contributed by atoms with E-state index in [4.69, 9.17) is 15.0 Å². The van der Waals surface area contributed by atoms with E-state index >= 15 is 0 Å². The highest BCUT2D eigenvalue weighted by atomic mass is 16.6. The average molecular weight is 337 g/mol. The summed E-state index contributed by atoms with van der Waals surface area (Å²) in [5, 5.41) is 27.2. The highest BCUT2D eigenvalue weighted by Crippen LogP contribution is 2.28. The fourth-order valence-electron chi connectivity index (χ4n) is 2.59. The molecule has 0 spiro atoms. The molecule has 10 nitrogen and oxygen atoms in total. The molecule has 10 heteroatoms. The van der Waals surface area contributed by atoms with Gasteiger partial charge in [-0.1, -0.05) is 5.16 Å². The van der Waals surface area contributed by atoms with Crippen LogP contribution in [0.2, 0.25) is 0 Å². The Balaban J connectivity index is 1.63. The third kappa shape index (κ3) is 3.31. The van der Waals surface area contributed by atoms with Crippen LogP contribution in [0.3, 0.4) is 0 Å². The Morgan fingerprint density at radius 2 is 2.21 bits per heavy atom. The molecular formula is C14H19N5O5. The Bertz CT molecular complexity index is 760. The average Bonchev–Trinajstić information content (AvgIpc) is 3.06. The standard InChI is InChI=1S/C14H19N5O5/c1-7-4-8(18-24-7)5-16-6-9-11(20)12(21)13(23-9)19-3-2-10(15)17-14(19)22/h2-4,9,11-13,16,20-21H,5-6H2,1H3,(H2,15,17,22)/t9-,11-,12-,13-/m1/s1.